The average molecular weight is 380 g/mol. The van der Waals surface area contributed by atoms with Gasteiger partial charge in [0.05, 0.1) is 0 Å². The maximum atomic E-state index is 13.0. The molecule has 130 valence electrons. The number of hydrogen-bond donors (Lipinski definition) is 1. The van der Waals surface area contributed by atoms with Gasteiger partial charge in [0, 0.05) is 32.7 Å². The zero-order chi connectivity index (χ0) is 15.9. The Balaban J connectivity index is 0.00000192. The Hall–Kier alpha value is -0.670. The van der Waals surface area contributed by atoms with Gasteiger partial charge in [-0.1, -0.05) is 0 Å². The molecule has 0 radical (unpaired) electrons. The zero-order valence-corrected chi connectivity index (χ0v) is 15.6. The first-order valence-corrected chi connectivity index (χ1v) is 9.78. The van der Waals surface area contributed by atoms with Gasteiger partial charge in [0.2, 0.25) is 10.0 Å². The summed E-state index contributed by atoms with van der Waals surface area (Å²) in [6.07, 6.45) is 2.94. The van der Waals surface area contributed by atoms with E-state index < -0.39 is 10.0 Å². The molecule has 2 unspecified atom stereocenters. The highest BCUT2D eigenvalue weighted by Crippen LogP contribution is 2.33. The van der Waals surface area contributed by atoms with Crippen molar-refractivity contribution in [1.29, 1.82) is 0 Å². The number of fused-ring (bicyclic) bond motifs is 2. The molecule has 2 bridgehead atoms. The van der Waals surface area contributed by atoms with Crippen molar-refractivity contribution in [3.63, 3.8) is 0 Å². The summed E-state index contributed by atoms with van der Waals surface area (Å²) >= 11 is 1.22. The third-order valence-corrected chi connectivity index (χ3v) is 7.36. The number of hydrogen-bond acceptors (Lipinski definition) is 5. The highest BCUT2D eigenvalue weighted by molar-refractivity contribution is 7.89. The van der Waals surface area contributed by atoms with Gasteiger partial charge in [0.15, 0.2) is 0 Å². The Kier molecular flexibility index (Phi) is 5.73. The van der Waals surface area contributed by atoms with E-state index in [0.717, 1.165) is 36.7 Å². The van der Waals surface area contributed by atoms with Crippen molar-refractivity contribution in [1.82, 2.24) is 14.5 Å². The van der Waals surface area contributed by atoms with E-state index in [2.05, 4.69) is 5.32 Å². The molecule has 2 fully saturated rings. The molecule has 2 aliphatic rings. The number of thiophene rings is 1. The SMILES string of the molecule is CN(C)S(=O)(=O)c1ccsc1C(=O)N1C2CCNCC1CC2.Cl. The second-order valence-corrected chi connectivity index (χ2v) is 9.03. The van der Waals surface area contributed by atoms with Crippen molar-refractivity contribution < 1.29 is 13.2 Å². The van der Waals surface area contributed by atoms with Crippen LogP contribution in [-0.2, 0) is 10.0 Å². The van der Waals surface area contributed by atoms with Gasteiger partial charge >= 0.3 is 0 Å². The van der Waals surface area contributed by atoms with Crippen LogP contribution in [0, 0.1) is 0 Å². The van der Waals surface area contributed by atoms with E-state index in [9.17, 15) is 13.2 Å². The van der Waals surface area contributed by atoms with Crippen LogP contribution in [0.25, 0.3) is 0 Å². The molecule has 6 nitrogen and oxygen atoms in total. The summed E-state index contributed by atoms with van der Waals surface area (Å²) in [5, 5.41) is 5.04. The van der Waals surface area contributed by atoms with Crippen molar-refractivity contribution in [3.8, 4) is 0 Å². The average Bonchev–Trinajstić information content (AvgIpc) is 3.02. The van der Waals surface area contributed by atoms with Gasteiger partial charge in [-0.05, 0) is 37.3 Å². The molecule has 2 atom stereocenters. The van der Waals surface area contributed by atoms with Crippen LogP contribution in [0.4, 0.5) is 0 Å². The lowest BCUT2D eigenvalue weighted by Gasteiger charge is -2.28. The van der Waals surface area contributed by atoms with E-state index in [1.807, 2.05) is 4.90 Å². The second kappa shape index (κ2) is 7.06. The molecule has 1 aromatic heterocycles. The highest BCUT2D eigenvalue weighted by atomic mass is 35.5. The molecular weight excluding hydrogens is 358 g/mol. The lowest BCUT2D eigenvalue weighted by atomic mass is 10.1. The minimum absolute atomic E-state index is 0. The first-order valence-electron chi connectivity index (χ1n) is 7.46. The maximum absolute atomic E-state index is 13.0. The molecule has 1 amide bonds. The van der Waals surface area contributed by atoms with E-state index in [1.54, 1.807) is 5.38 Å². The molecule has 2 aliphatic heterocycles. The molecule has 0 aliphatic carbocycles. The van der Waals surface area contributed by atoms with Gasteiger partial charge in [-0.2, -0.15) is 0 Å². The van der Waals surface area contributed by atoms with Crippen molar-refractivity contribution in [3.05, 3.63) is 16.3 Å². The van der Waals surface area contributed by atoms with Gasteiger partial charge in [0.25, 0.3) is 5.91 Å². The fourth-order valence-corrected chi connectivity index (χ4v) is 5.52. The predicted molar refractivity (Wildman–Crippen MR) is 92.9 cm³/mol. The number of nitrogens with one attached hydrogen (secondary N) is 1. The summed E-state index contributed by atoms with van der Waals surface area (Å²) in [5.74, 6) is -0.133. The lowest BCUT2D eigenvalue weighted by molar-refractivity contribution is 0.0681. The molecular formula is C14H22ClN3O3S2. The topological polar surface area (TPSA) is 69.7 Å². The number of rotatable bonds is 3. The van der Waals surface area contributed by atoms with E-state index in [-0.39, 0.29) is 35.3 Å². The summed E-state index contributed by atoms with van der Waals surface area (Å²) in [6.45, 7) is 1.71. The van der Waals surface area contributed by atoms with Gasteiger partial charge in [-0.3, -0.25) is 4.79 Å². The first kappa shape index (κ1) is 18.7. The Morgan fingerprint density at radius 3 is 2.70 bits per heavy atom. The summed E-state index contributed by atoms with van der Waals surface area (Å²) in [6, 6.07) is 1.94. The Labute approximate surface area is 147 Å². The normalized spacial score (nSPS) is 24.4. The van der Waals surface area contributed by atoms with Crippen LogP contribution in [-0.4, -0.2) is 62.8 Å². The molecule has 2 saturated heterocycles. The summed E-state index contributed by atoms with van der Waals surface area (Å²) < 4.78 is 26.0. The standard InChI is InChI=1S/C14H21N3O3S2.ClH/c1-16(2)22(19,20)12-6-8-21-13(12)14(18)17-10-3-4-11(17)9-15-7-5-10;/h6,8,10-11,15H,3-5,7,9H2,1-2H3;1H. The van der Waals surface area contributed by atoms with Gasteiger partial charge in [-0.15, -0.1) is 23.7 Å². The molecule has 0 aromatic carbocycles. The van der Waals surface area contributed by atoms with Gasteiger partial charge < -0.3 is 10.2 Å². The molecule has 0 spiro atoms. The smallest absolute Gasteiger partial charge is 0.265 e. The third-order valence-electron chi connectivity index (χ3n) is 4.47. The van der Waals surface area contributed by atoms with Crippen molar-refractivity contribution >= 4 is 39.7 Å². The lowest BCUT2D eigenvalue weighted by Crippen LogP contribution is -2.42. The van der Waals surface area contributed by atoms with E-state index in [4.69, 9.17) is 0 Å². The largest absolute Gasteiger partial charge is 0.331 e. The number of nitrogens with zero attached hydrogens (tertiary/aromatic N) is 2. The van der Waals surface area contributed by atoms with Gasteiger partial charge in [0.1, 0.15) is 9.77 Å². The van der Waals surface area contributed by atoms with Crippen LogP contribution in [0.1, 0.15) is 28.9 Å². The van der Waals surface area contributed by atoms with Crippen LogP contribution in [0.3, 0.4) is 0 Å². The number of carbonyl (C=O) groups excluding carboxylic acids is 1. The second-order valence-electron chi connectivity index (χ2n) is 5.99. The maximum Gasteiger partial charge on any atom is 0.265 e. The predicted octanol–water partition coefficient (Wildman–Crippen LogP) is 1.39. The van der Waals surface area contributed by atoms with Crippen molar-refractivity contribution in [2.24, 2.45) is 0 Å². The molecule has 23 heavy (non-hydrogen) atoms. The minimum atomic E-state index is -3.59. The van der Waals surface area contributed by atoms with Crippen molar-refractivity contribution in [2.45, 2.75) is 36.2 Å². The van der Waals surface area contributed by atoms with Crippen LogP contribution >= 0.6 is 23.7 Å². The van der Waals surface area contributed by atoms with E-state index >= 15 is 0 Å². The monoisotopic (exact) mass is 379 g/mol. The molecule has 0 saturated carbocycles. The number of halogens is 1. The number of amides is 1. The number of carbonyl (C=O) groups is 1. The van der Waals surface area contributed by atoms with Crippen LogP contribution in [0.2, 0.25) is 0 Å². The zero-order valence-electron chi connectivity index (χ0n) is 13.2. The van der Waals surface area contributed by atoms with Crippen LogP contribution < -0.4 is 5.32 Å². The number of sulfonamides is 1. The molecule has 1 aromatic rings. The van der Waals surface area contributed by atoms with Crippen LogP contribution in [0.5, 0.6) is 0 Å². The van der Waals surface area contributed by atoms with E-state index in [0.29, 0.717) is 4.88 Å². The molecule has 3 rings (SSSR count). The van der Waals surface area contributed by atoms with Crippen molar-refractivity contribution in [2.75, 3.05) is 27.2 Å². The van der Waals surface area contributed by atoms with Gasteiger partial charge in [-0.25, -0.2) is 12.7 Å². The summed E-state index contributed by atoms with van der Waals surface area (Å²) in [5.41, 5.74) is 0. The fourth-order valence-electron chi connectivity index (χ4n) is 3.28. The summed E-state index contributed by atoms with van der Waals surface area (Å²) in [7, 11) is -0.617. The minimum Gasteiger partial charge on any atom is -0.331 e. The Morgan fingerprint density at radius 2 is 2.00 bits per heavy atom. The first-order chi connectivity index (χ1) is 10.4. The Morgan fingerprint density at radius 1 is 1.30 bits per heavy atom. The molecule has 1 N–H and O–H groups in total. The van der Waals surface area contributed by atoms with E-state index in [1.165, 1.54) is 31.5 Å². The Bertz CT molecular complexity index is 661. The molecule has 9 heteroatoms. The van der Waals surface area contributed by atoms with Crippen LogP contribution in [0.15, 0.2) is 16.3 Å². The quantitative estimate of drug-likeness (QED) is 0.861. The summed E-state index contributed by atoms with van der Waals surface area (Å²) in [4.78, 5) is 15.4. The fraction of sp³-hybridized carbons (Fsp3) is 0.643. The highest BCUT2D eigenvalue weighted by Gasteiger charge is 2.40. The molecule has 3 heterocycles. The third kappa shape index (κ3) is 3.28.